The minimum Gasteiger partial charge on any atom is -0.456 e. The summed E-state index contributed by atoms with van der Waals surface area (Å²) in [7, 11) is 0. The number of hydrogen-bond acceptors (Lipinski definition) is 3. The molecule has 3 nitrogen and oxygen atoms in total. The maximum atomic E-state index is 6.30. The molecule has 0 unspecified atom stereocenters. The Morgan fingerprint density at radius 2 is 0.917 bits per heavy atom. The van der Waals surface area contributed by atoms with Crippen molar-refractivity contribution in [3.63, 3.8) is 0 Å². The fraction of sp³-hybridized carbons (Fsp3) is 0. The lowest BCUT2D eigenvalue weighted by atomic mass is 10.0. The van der Waals surface area contributed by atoms with Crippen LogP contribution in [-0.2, 0) is 0 Å². The molecule has 0 fully saturated rings. The Labute approximate surface area is 351 Å². The van der Waals surface area contributed by atoms with Crippen molar-refractivity contribution in [2.75, 3.05) is 4.90 Å². The second-order valence-electron chi connectivity index (χ2n) is 15.4. The van der Waals surface area contributed by atoms with Crippen LogP contribution in [0.2, 0.25) is 0 Å². The van der Waals surface area contributed by atoms with E-state index in [1.165, 1.54) is 64.6 Å². The van der Waals surface area contributed by atoms with E-state index in [2.05, 4.69) is 216 Å². The summed E-state index contributed by atoms with van der Waals surface area (Å²) in [6, 6.07) is 78.7. The second kappa shape index (κ2) is 14.0. The Balaban J connectivity index is 0.896. The first-order chi connectivity index (χ1) is 29.7. The van der Waals surface area contributed by atoms with Crippen LogP contribution < -0.4 is 4.90 Å². The molecule has 0 aliphatic carbocycles. The van der Waals surface area contributed by atoms with E-state index in [9.17, 15) is 0 Å². The van der Waals surface area contributed by atoms with Gasteiger partial charge in [-0.05, 0) is 118 Å². The predicted molar refractivity (Wildman–Crippen MR) is 254 cm³/mol. The lowest BCUT2D eigenvalue weighted by Crippen LogP contribution is -2.09. The van der Waals surface area contributed by atoms with Gasteiger partial charge in [-0.25, -0.2) is 0 Å². The van der Waals surface area contributed by atoms with Crippen LogP contribution in [-0.4, -0.2) is 4.57 Å². The van der Waals surface area contributed by atoms with Crippen LogP contribution in [0, 0.1) is 0 Å². The minimum atomic E-state index is 0.913. The van der Waals surface area contributed by atoms with Crippen molar-refractivity contribution in [1.82, 2.24) is 4.57 Å². The monoisotopic (exact) mass is 784 g/mol. The summed E-state index contributed by atoms with van der Waals surface area (Å²) in [4.78, 5) is 3.62. The van der Waals surface area contributed by atoms with Crippen molar-refractivity contribution in [2.45, 2.75) is 0 Å². The largest absolute Gasteiger partial charge is 0.456 e. The van der Waals surface area contributed by atoms with Crippen LogP contribution in [0.5, 0.6) is 0 Å². The van der Waals surface area contributed by atoms with Crippen molar-refractivity contribution in [3.8, 4) is 38.4 Å². The summed E-state index contributed by atoms with van der Waals surface area (Å²) >= 11 is 1.84. The number of hydrogen-bond donors (Lipinski definition) is 0. The highest BCUT2D eigenvalue weighted by molar-refractivity contribution is 7.22. The number of para-hydroxylation sites is 2. The number of nitrogens with zero attached hydrogens (tertiary/aromatic N) is 2. The number of fused-ring (bicyclic) bond motifs is 7. The van der Waals surface area contributed by atoms with Gasteiger partial charge in [0.05, 0.1) is 11.0 Å². The molecular weight excluding hydrogens is 749 g/mol. The Hall–Kier alpha value is -7.66. The third-order valence-electron chi connectivity index (χ3n) is 11.8. The summed E-state index contributed by atoms with van der Waals surface area (Å²) in [5, 5.41) is 5.95. The van der Waals surface area contributed by atoms with Gasteiger partial charge in [-0.3, -0.25) is 0 Å². The minimum absolute atomic E-state index is 0.913. The van der Waals surface area contributed by atoms with Gasteiger partial charge in [0.1, 0.15) is 11.2 Å². The summed E-state index contributed by atoms with van der Waals surface area (Å²) in [5.74, 6) is 0. The number of rotatable bonds is 7. The van der Waals surface area contributed by atoms with Crippen LogP contribution >= 0.6 is 11.3 Å². The normalized spacial score (nSPS) is 11.7. The van der Waals surface area contributed by atoms with Crippen molar-refractivity contribution in [3.05, 3.63) is 218 Å². The molecule has 0 aliphatic heterocycles. The SMILES string of the molecule is c1ccc(-c2ccc(N(c3ccc(-c4ccc(-n5c6ccccc6c6cc7oc8ccccc8c7cc65)cc4)cc3)c3ccc(-c4cc5ccccc5s4)cc3)cc2)cc1. The first kappa shape index (κ1) is 34.4. The van der Waals surface area contributed by atoms with E-state index in [0.717, 1.165) is 44.7 Å². The molecule has 0 amide bonds. The molecule has 60 heavy (non-hydrogen) atoms. The summed E-state index contributed by atoms with van der Waals surface area (Å²) in [5.41, 5.74) is 14.6. The van der Waals surface area contributed by atoms with Crippen molar-refractivity contribution in [1.29, 1.82) is 0 Å². The smallest absolute Gasteiger partial charge is 0.136 e. The fourth-order valence-electron chi connectivity index (χ4n) is 8.85. The van der Waals surface area contributed by atoms with Crippen LogP contribution in [0.15, 0.2) is 223 Å². The molecule has 12 aromatic rings. The van der Waals surface area contributed by atoms with Gasteiger partial charge in [-0.2, -0.15) is 0 Å². The highest BCUT2D eigenvalue weighted by Crippen LogP contribution is 2.41. The molecule has 0 saturated carbocycles. The van der Waals surface area contributed by atoms with Gasteiger partial charge in [-0.15, -0.1) is 11.3 Å². The third-order valence-corrected chi connectivity index (χ3v) is 13.0. The van der Waals surface area contributed by atoms with E-state index in [1.807, 2.05) is 23.5 Å². The highest BCUT2D eigenvalue weighted by Gasteiger charge is 2.18. The lowest BCUT2D eigenvalue weighted by Gasteiger charge is -2.26. The van der Waals surface area contributed by atoms with Crippen LogP contribution in [0.3, 0.4) is 0 Å². The van der Waals surface area contributed by atoms with Gasteiger partial charge in [0, 0.05) is 53.9 Å². The van der Waals surface area contributed by atoms with Gasteiger partial charge < -0.3 is 13.9 Å². The number of furan rings is 1. The molecule has 9 aromatic carbocycles. The average molecular weight is 785 g/mol. The maximum Gasteiger partial charge on any atom is 0.136 e. The Morgan fingerprint density at radius 3 is 1.60 bits per heavy atom. The quantitative estimate of drug-likeness (QED) is 0.161. The van der Waals surface area contributed by atoms with Gasteiger partial charge in [-0.1, -0.05) is 133 Å². The van der Waals surface area contributed by atoms with E-state index in [1.54, 1.807) is 0 Å². The zero-order valence-corrected chi connectivity index (χ0v) is 33.3. The van der Waals surface area contributed by atoms with Crippen molar-refractivity contribution < 1.29 is 4.42 Å². The molecule has 3 aromatic heterocycles. The van der Waals surface area contributed by atoms with E-state index in [0.29, 0.717) is 0 Å². The summed E-state index contributed by atoms with van der Waals surface area (Å²) in [6.45, 7) is 0. The summed E-state index contributed by atoms with van der Waals surface area (Å²) in [6.07, 6.45) is 0. The zero-order valence-electron chi connectivity index (χ0n) is 32.5. The van der Waals surface area contributed by atoms with Gasteiger partial charge in [0.15, 0.2) is 0 Å². The first-order valence-electron chi connectivity index (χ1n) is 20.3. The number of anilines is 3. The number of thiophene rings is 1. The molecule has 4 heteroatoms. The molecule has 0 atom stereocenters. The average Bonchev–Trinajstić information content (AvgIpc) is 4.01. The maximum absolute atomic E-state index is 6.30. The van der Waals surface area contributed by atoms with Crippen LogP contribution in [0.4, 0.5) is 17.1 Å². The van der Waals surface area contributed by atoms with Gasteiger partial charge in [0.25, 0.3) is 0 Å². The lowest BCUT2D eigenvalue weighted by molar-refractivity contribution is 0.669. The molecule has 0 saturated heterocycles. The van der Waals surface area contributed by atoms with Crippen LogP contribution in [0.1, 0.15) is 0 Å². The molecule has 0 radical (unpaired) electrons. The Bertz CT molecular complexity index is 3470. The predicted octanol–water partition coefficient (Wildman–Crippen LogP) is 16.4. The topological polar surface area (TPSA) is 21.3 Å². The van der Waals surface area contributed by atoms with Gasteiger partial charge >= 0.3 is 0 Å². The highest BCUT2D eigenvalue weighted by atomic mass is 32.1. The molecular formula is C56H36N2OS. The standard InChI is InChI=1S/C56H36N2OS/c1-2-10-37(11-3-1)38-18-26-43(27-19-38)57(45-32-24-41(25-33-45)56-34-42-12-4-9-17-55(42)60-56)44-28-20-39(21-29-44)40-22-30-46(31-23-40)58-51-15-7-5-13-47(51)49-36-54-50(35-52(49)58)48-14-6-8-16-53(48)59-54/h1-36H. The van der Waals surface area contributed by atoms with Crippen LogP contribution in [0.25, 0.3) is 92.2 Å². The first-order valence-corrected chi connectivity index (χ1v) is 21.1. The number of aromatic nitrogens is 1. The molecule has 0 N–H and O–H groups in total. The molecule has 12 rings (SSSR count). The third kappa shape index (κ3) is 5.80. The van der Waals surface area contributed by atoms with Crippen molar-refractivity contribution in [2.24, 2.45) is 0 Å². The molecule has 0 bridgehead atoms. The van der Waals surface area contributed by atoms with Gasteiger partial charge in [0.2, 0.25) is 0 Å². The molecule has 0 aliphatic rings. The molecule has 0 spiro atoms. The van der Waals surface area contributed by atoms with E-state index in [4.69, 9.17) is 4.42 Å². The van der Waals surface area contributed by atoms with E-state index >= 15 is 0 Å². The van der Waals surface area contributed by atoms with E-state index in [-0.39, 0.29) is 0 Å². The second-order valence-corrected chi connectivity index (χ2v) is 16.4. The van der Waals surface area contributed by atoms with Crippen molar-refractivity contribution >= 4 is 82.2 Å². The number of benzene rings is 9. The zero-order chi connectivity index (χ0) is 39.6. The summed E-state index contributed by atoms with van der Waals surface area (Å²) < 4.78 is 9.99. The Morgan fingerprint density at radius 1 is 0.367 bits per heavy atom. The molecule has 3 heterocycles. The fourth-order valence-corrected chi connectivity index (χ4v) is 9.92. The molecule has 282 valence electrons. The van der Waals surface area contributed by atoms with E-state index < -0.39 is 0 Å². The Kier molecular flexibility index (Phi) is 8.03.